The Hall–Kier alpha value is -3.86. The summed E-state index contributed by atoms with van der Waals surface area (Å²) in [7, 11) is 0. The highest BCUT2D eigenvalue weighted by atomic mass is 16.5. The fourth-order valence-electron chi connectivity index (χ4n) is 3.41. The van der Waals surface area contributed by atoms with Gasteiger partial charge >= 0.3 is 0 Å². The highest BCUT2D eigenvalue weighted by Gasteiger charge is 2.10. The van der Waals surface area contributed by atoms with Crippen LogP contribution in [-0.4, -0.2) is 15.7 Å². The van der Waals surface area contributed by atoms with Crippen LogP contribution < -0.4 is 10.1 Å². The second kappa shape index (κ2) is 9.52. The largest absolute Gasteiger partial charge is 0.489 e. The zero-order chi connectivity index (χ0) is 22.5. The van der Waals surface area contributed by atoms with E-state index >= 15 is 0 Å². The maximum Gasteiger partial charge on any atom is 0.256 e. The van der Waals surface area contributed by atoms with Crippen molar-refractivity contribution in [2.75, 3.05) is 5.32 Å². The summed E-state index contributed by atoms with van der Waals surface area (Å²) in [6.45, 7) is 7.18. The topological polar surface area (TPSA) is 56.2 Å². The Morgan fingerprint density at radius 2 is 1.69 bits per heavy atom. The highest BCUT2D eigenvalue weighted by molar-refractivity contribution is 6.03. The number of rotatable bonds is 7. The second-order valence-electron chi connectivity index (χ2n) is 8.10. The summed E-state index contributed by atoms with van der Waals surface area (Å²) in [6.07, 6.45) is 1.86. The molecule has 0 radical (unpaired) electrons. The van der Waals surface area contributed by atoms with Crippen LogP contribution in [0.25, 0.3) is 0 Å². The number of hydrogen-bond acceptors (Lipinski definition) is 3. The van der Waals surface area contributed by atoms with Gasteiger partial charge in [-0.15, -0.1) is 0 Å². The van der Waals surface area contributed by atoms with Crippen molar-refractivity contribution in [2.45, 2.75) is 33.9 Å². The predicted molar refractivity (Wildman–Crippen MR) is 127 cm³/mol. The summed E-state index contributed by atoms with van der Waals surface area (Å²) >= 11 is 0. The molecule has 0 aliphatic carbocycles. The van der Waals surface area contributed by atoms with Crippen LogP contribution in [0.2, 0.25) is 0 Å². The molecule has 0 fully saturated rings. The lowest BCUT2D eigenvalue weighted by molar-refractivity contribution is 0.102. The number of nitrogens with zero attached hydrogens (tertiary/aromatic N) is 2. The van der Waals surface area contributed by atoms with E-state index in [0.717, 1.165) is 28.0 Å². The maximum absolute atomic E-state index is 12.7. The summed E-state index contributed by atoms with van der Waals surface area (Å²) in [6, 6.07) is 23.7. The molecule has 0 aliphatic heterocycles. The summed E-state index contributed by atoms with van der Waals surface area (Å²) in [5, 5.41) is 7.35. The van der Waals surface area contributed by atoms with E-state index < -0.39 is 0 Å². The van der Waals surface area contributed by atoms with Crippen molar-refractivity contribution in [1.29, 1.82) is 0 Å². The van der Waals surface area contributed by atoms with Crippen LogP contribution in [0.15, 0.2) is 79.0 Å². The lowest BCUT2D eigenvalue weighted by Crippen LogP contribution is -2.13. The molecular formula is C27H27N3O2. The zero-order valence-corrected chi connectivity index (χ0v) is 18.6. The SMILES string of the molecule is Cc1ccc(Cn2ccc(NC(=O)c3cccc(COc4cc(C)ccc4C)c3)n2)cc1. The quantitative estimate of drug-likeness (QED) is 0.414. The Balaban J connectivity index is 1.38. The summed E-state index contributed by atoms with van der Waals surface area (Å²) < 4.78 is 7.79. The van der Waals surface area contributed by atoms with Crippen LogP contribution >= 0.6 is 0 Å². The van der Waals surface area contributed by atoms with Crippen LogP contribution in [-0.2, 0) is 13.2 Å². The van der Waals surface area contributed by atoms with Crippen molar-refractivity contribution >= 4 is 11.7 Å². The van der Waals surface area contributed by atoms with Gasteiger partial charge < -0.3 is 10.1 Å². The molecule has 4 aromatic rings. The van der Waals surface area contributed by atoms with Crippen LogP contribution in [0.1, 0.15) is 38.2 Å². The number of benzene rings is 3. The second-order valence-corrected chi connectivity index (χ2v) is 8.10. The minimum atomic E-state index is -0.195. The molecule has 1 amide bonds. The van der Waals surface area contributed by atoms with Crippen molar-refractivity contribution in [2.24, 2.45) is 0 Å². The molecule has 0 bridgehead atoms. The van der Waals surface area contributed by atoms with Gasteiger partial charge in [-0.2, -0.15) is 5.10 Å². The van der Waals surface area contributed by atoms with Gasteiger partial charge in [-0.1, -0.05) is 54.1 Å². The Bertz CT molecular complexity index is 1230. The molecule has 4 rings (SSSR count). The Kier molecular flexibility index (Phi) is 6.36. The average Bonchev–Trinajstić information content (AvgIpc) is 3.23. The van der Waals surface area contributed by atoms with E-state index in [-0.39, 0.29) is 5.91 Å². The number of hydrogen-bond donors (Lipinski definition) is 1. The smallest absolute Gasteiger partial charge is 0.256 e. The third kappa shape index (κ3) is 5.43. The van der Waals surface area contributed by atoms with E-state index in [1.807, 2.05) is 55.1 Å². The molecule has 0 saturated heterocycles. The van der Waals surface area contributed by atoms with Crippen LogP contribution in [0.3, 0.4) is 0 Å². The van der Waals surface area contributed by atoms with Crippen LogP contribution in [0.4, 0.5) is 5.82 Å². The summed E-state index contributed by atoms with van der Waals surface area (Å²) in [5.74, 6) is 1.19. The molecule has 0 saturated carbocycles. The molecule has 0 spiro atoms. The van der Waals surface area contributed by atoms with E-state index in [1.54, 1.807) is 12.1 Å². The number of aromatic nitrogens is 2. The molecule has 1 N–H and O–H groups in total. The van der Waals surface area contributed by atoms with Gasteiger partial charge in [-0.05, 0) is 61.2 Å². The first kappa shape index (κ1) is 21.4. The lowest BCUT2D eigenvalue weighted by Gasteiger charge is -2.11. The number of amides is 1. The van der Waals surface area contributed by atoms with Crippen LogP contribution in [0, 0.1) is 20.8 Å². The lowest BCUT2D eigenvalue weighted by atomic mass is 10.1. The summed E-state index contributed by atoms with van der Waals surface area (Å²) in [4.78, 5) is 12.7. The monoisotopic (exact) mass is 425 g/mol. The molecule has 1 heterocycles. The minimum absolute atomic E-state index is 0.195. The number of carbonyl (C=O) groups is 1. The average molecular weight is 426 g/mol. The first-order valence-electron chi connectivity index (χ1n) is 10.7. The number of nitrogens with one attached hydrogen (secondary N) is 1. The number of carbonyl (C=O) groups excluding carboxylic acids is 1. The Morgan fingerprint density at radius 3 is 2.50 bits per heavy atom. The molecule has 162 valence electrons. The van der Waals surface area contributed by atoms with E-state index in [4.69, 9.17) is 4.74 Å². The molecule has 0 unspecified atom stereocenters. The molecule has 0 aliphatic rings. The molecular weight excluding hydrogens is 398 g/mol. The Morgan fingerprint density at radius 1 is 0.906 bits per heavy atom. The van der Waals surface area contributed by atoms with Crippen molar-refractivity contribution in [3.05, 3.63) is 112 Å². The standard InChI is InChI=1S/C27H27N3O2/c1-19-8-11-22(12-9-19)17-30-14-13-26(29-30)28-27(31)24-6-4-5-23(16-24)18-32-25-15-20(2)7-10-21(25)3/h4-16H,17-18H2,1-3H3,(H,28,29,31). The van der Waals surface area contributed by atoms with E-state index in [1.165, 1.54) is 5.56 Å². The van der Waals surface area contributed by atoms with Crippen molar-refractivity contribution in [3.63, 3.8) is 0 Å². The van der Waals surface area contributed by atoms with Gasteiger partial charge in [-0.3, -0.25) is 9.48 Å². The molecule has 0 atom stereocenters. The molecule has 32 heavy (non-hydrogen) atoms. The first-order valence-corrected chi connectivity index (χ1v) is 10.7. The van der Waals surface area contributed by atoms with E-state index in [0.29, 0.717) is 24.5 Å². The molecule has 3 aromatic carbocycles. The van der Waals surface area contributed by atoms with Gasteiger partial charge in [0.05, 0.1) is 6.54 Å². The maximum atomic E-state index is 12.7. The van der Waals surface area contributed by atoms with Crippen LogP contribution in [0.5, 0.6) is 5.75 Å². The van der Waals surface area contributed by atoms with Gasteiger partial charge in [0, 0.05) is 17.8 Å². The Labute approximate surface area is 188 Å². The number of ether oxygens (including phenoxy) is 1. The predicted octanol–water partition coefficient (Wildman–Crippen LogP) is 5.69. The summed E-state index contributed by atoms with van der Waals surface area (Å²) in [5.41, 5.74) is 6.13. The number of anilines is 1. The normalized spacial score (nSPS) is 10.7. The molecule has 5 nitrogen and oxygen atoms in total. The van der Waals surface area contributed by atoms with Gasteiger partial charge in [0.2, 0.25) is 0 Å². The molecule has 5 heteroatoms. The van der Waals surface area contributed by atoms with Crippen molar-refractivity contribution in [3.8, 4) is 5.75 Å². The van der Waals surface area contributed by atoms with Gasteiger partial charge in [0.1, 0.15) is 12.4 Å². The van der Waals surface area contributed by atoms with Gasteiger partial charge in [0.25, 0.3) is 5.91 Å². The fourth-order valence-corrected chi connectivity index (χ4v) is 3.41. The first-order chi connectivity index (χ1) is 15.5. The molecule has 1 aromatic heterocycles. The van der Waals surface area contributed by atoms with E-state index in [2.05, 4.69) is 47.7 Å². The fraction of sp³-hybridized carbons (Fsp3) is 0.185. The zero-order valence-electron chi connectivity index (χ0n) is 18.6. The third-order valence-corrected chi connectivity index (χ3v) is 5.27. The van der Waals surface area contributed by atoms with E-state index in [9.17, 15) is 4.79 Å². The van der Waals surface area contributed by atoms with Gasteiger partial charge in [0.15, 0.2) is 5.82 Å². The van der Waals surface area contributed by atoms with Crippen molar-refractivity contribution < 1.29 is 9.53 Å². The minimum Gasteiger partial charge on any atom is -0.489 e. The van der Waals surface area contributed by atoms with Crippen molar-refractivity contribution in [1.82, 2.24) is 9.78 Å². The third-order valence-electron chi connectivity index (χ3n) is 5.27. The number of aryl methyl sites for hydroxylation is 3. The van der Waals surface area contributed by atoms with Gasteiger partial charge in [-0.25, -0.2) is 0 Å². The highest BCUT2D eigenvalue weighted by Crippen LogP contribution is 2.21.